The summed E-state index contributed by atoms with van der Waals surface area (Å²) in [4.78, 5) is 15.1. The molecule has 108 valence electrons. The lowest BCUT2D eigenvalue weighted by Gasteiger charge is -2.19. The first-order valence-corrected chi connectivity index (χ1v) is 6.78. The fourth-order valence-corrected chi connectivity index (χ4v) is 1.64. The number of aliphatic hydroxyl groups is 1. The van der Waals surface area contributed by atoms with Crippen LogP contribution in [0.1, 0.15) is 26.7 Å². The topological polar surface area (TPSA) is 86.2 Å². The molecule has 0 aliphatic carbocycles. The molecule has 0 saturated heterocycles. The monoisotopic (exact) mass is 268 g/mol. The third-order valence-corrected chi connectivity index (χ3v) is 2.76. The second-order valence-corrected chi connectivity index (χ2v) is 4.06. The predicted molar refractivity (Wildman–Crippen MR) is 77.7 cm³/mol. The van der Waals surface area contributed by atoms with Crippen molar-refractivity contribution in [2.45, 2.75) is 26.7 Å². The van der Waals surface area contributed by atoms with Gasteiger partial charge in [-0.3, -0.25) is 0 Å². The maximum Gasteiger partial charge on any atom is 0.231 e. The summed E-state index contributed by atoms with van der Waals surface area (Å²) in [5.74, 6) is 1.80. The number of nitrogens with one attached hydrogen (secondary N) is 2. The van der Waals surface area contributed by atoms with Crippen LogP contribution in [0.15, 0.2) is 0 Å². The van der Waals surface area contributed by atoms with Gasteiger partial charge in [-0.05, 0) is 26.7 Å². The second kappa shape index (κ2) is 8.47. The second-order valence-electron chi connectivity index (χ2n) is 4.06. The minimum atomic E-state index is 0.214. The highest BCUT2D eigenvalue weighted by Crippen LogP contribution is 2.13. The summed E-state index contributed by atoms with van der Waals surface area (Å²) in [7, 11) is 1.79. The molecular weight excluding hydrogens is 244 g/mol. The summed E-state index contributed by atoms with van der Waals surface area (Å²) in [5, 5.41) is 14.8. The number of nitrogens with zero attached hydrogens (tertiary/aromatic N) is 4. The Morgan fingerprint density at radius 2 is 1.74 bits per heavy atom. The molecule has 0 bridgehead atoms. The Balaban J connectivity index is 2.77. The Morgan fingerprint density at radius 1 is 1.05 bits per heavy atom. The van der Waals surface area contributed by atoms with Gasteiger partial charge in [0.25, 0.3) is 0 Å². The summed E-state index contributed by atoms with van der Waals surface area (Å²) >= 11 is 0. The van der Waals surface area contributed by atoms with Gasteiger partial charge in [0.05, 0.1) is 0 Å². The van der Waals surface area contributed by atoms with Crippen molar-refractivity contribution in [3.05, 3.63) is 0 Å². The number of aliphatic hydroxyl groups excluding tert-OH is 1. The molecular formula is C12H24N6O. The van der Waals surface area contributed by atoms with Crippen LogP contribution in [-0.2, 0) is 0 Å². The number of aromatic nitrogens is 3. The fourth-order valence-electron chi connectivity index (χ4n) is 1.64. The lowest BCUT2D eigenvalue weighted by molar-refractivity contribution is 0.286. The number of hydrogen-bond acceptors (Lipinski definition) is 7. The molecule has 0 radical (unpaired) electrons. The Bertz CT molecular complexity index is 369. The van der Waals surface area contributed by atoms with Crippen LogP contribution in [0.5, 0.6) is 0 Å². The SMILES string of the molecule is CCN(CC)c1nc(NC)nc(NCCCCO)n1. The first-order chi connectivity index (χ1) is 9.24. The van der Waals surface area contributed by atoms with E-state index in [1.165, 1.54) is 0 Å². The van der Waals surface area contributed by atoms with E-state index >= 15 is 0 Å². The molecule has 0 aliphatic heterocycles. The first kappa shape index (κ1) is 15.4. The van der Waals surface area contributed by atoms with Gasteiger partial charge in [-0.2, -0.15) is 15.0 Å². The average Bonchev–Trinajstić information content (AvgIpc) is 2.45. The van der Waals surface area contributed by atoms with E-state index in [1.54, 1.807) is 7.05 Å². The van der Waals surface area contributed by atoms with Gasteiger partial charge in [0, 0.05) is 33.3 Å². The normalized spacial score (nSPS) is 10.3. The Morgan fingerprint density at radius 3 is 2.32 bits per heavy atom. The molecule has 0 spiro atoms. The number of rotatable bonds is 9. The van der Waals surface area contributed by atoms with Crippen molar-refractivity contribution in [1.29, 1.82) is 0 Å². The molecule has 1 rings (SSSR count). The van der Waals surface area contributed by atoms with Crippen molar-refractivity contribution < 1.29 is 5.11 Å². The zero-order valence-electron chi connectivity index (χ0n) is 12.0. The van der Waals surface area contributed by atoms with Crippen LogP contribution in [0.4, 0.5) is 17.8 Å². The van der Waals surface area contributed by atoms with Crippen molar-refractivity contribution in [2.24, 2.45) is 0 Å². The molecule has 1 heterocycles. The van der Waals surface area contributed by atoms with Gasteiger partial charge in [-0.25, -0.2) is 0 Å². The summed E-state index contributed by atoms with van der Waals surface area (Å²) in [5.41, 5.74) is 0. The lowest BCUT2D eigenvalue weighted by Crippen LogP contribution is -2.25. The van der Waals surface area contributed by atoms with E-state index in [-0.39, 0.29) is 6.61 Å². The summed E-state index contributed by atoms with van der Waals surface area (Å²) < 4.78 is 0. The van der Waals surface area contributed by atoms with Gasteiger partial charge in [0.15, 0.2) is 0 Å². The summed E-state index contributed by atoms with van der Waals surface area (Å²) in [6, 6.07) is 0. The predicted octanol–water partition coefficient (Wildman–Crippen LogP) is 0.944. The van der Waals surface area contributed by atoms with Crippen LogP contribution in [0.2, 0.25) is 0 Å². The molecule has 0 unspecified atom stereocenters. The molecule has 19 heavy (non-hydrogen) atoms. The van der Waals surface area contributed by atoms with Gasteiger partial charge in [0.1, 0.15) is 0 Å². The quantitative estimate of drug-likeness (QED) is 0.575. The van der Waals surface area contributed by atoms with E-state index in [1.807, 2.05) is 0 Å². The average molecular weight is 268 g/mol. The summed E-state index contributed by atoms with van der Waals surface area (Å²) in [6.07, 6.45) is 1.66. The molecule has 3 N–H and O–H groups in total. The molecule has 0 fully saturated rings. The van der Waals surface area contributed by atoms with Crippen molar-refractivity contribution in [3.63, 3.8) is 0 Å². The molecule has 0 aromatic carbocycles. The highest BCUT2D eigenvalue weighted by molar-refractivity contribution is 5.43. The number of unbranched alkanes of at least 4 members (excludes halogenated alkanes) is 1. The molecule has 0 saturated carbocycles. The third kappa shape index (κ3) is 4.86. The van der Waals surface area contributed by atoms with Crippen LogP contribution >= 0.6 is 0 Å². The van der Waals surface area contributed by atoms with Crippen LogP contribution in [0.25, 0.3) is 0 Å². The standard InChI is InChI=1S/C12H24N6O/c1-4-18(5-2)12-16-10(13-3)15-11(17-12)14-8-6-7-9-19/h19H,4-9H2,1-3H3,(H2,13,14,15,16,17). The Kier molecular flexibility index (Phi) is 6.88. The van der Waals surface area contributed by atoms with Crippen LogP contribution in [-0.4, -0.2) is 53.3 Å². The largest absolute Gasteiger partial charge is 0.396 e. The maximum absolute atomic E-state index is 8.74. The van der Waals surface area contributed by atoms with Crippen LogP contribution < -0.4 is 15.5 Å². The van der Waals surface area contributed by atoms with E-state index in [2.05, 4.69) is 44.3 Å². The van der Waals surface area contributed by atoms with E-state index in [0.29, 0.717) is 17.8 Å². The number of anilines is 3. The van der Waals surface area contributed by atoms with Crippen LogP contribution in [0.3, 0.4) is 0 Å². The van der Waals surface area contributed by atoms with E-state index in [4.69, 9.17) is 5.11 Å². The molecule has 7 heteroatoms. The van der Waals surface area contributed by atoms with Gasteiger partial charge in [-0.1, -0.05) is 0 Å². The Labute approximate surface area is 114 Å². The maximum atomic E-state index is 8.74. The Hall–Kier alpha value is -1.63. The van der Waals surface area contributed by atoms with Gasteiger partial charge < -0.3 is 20.6 Å². The molecule has 0 aliphatic rings. The first-order valence-electron chi connectivity index (χ1n) is 6.78. The fraction of sp³-hybridized carbons (Fsp3) is 0.750. The van der Waals surface area contributed by atoms with E-state index in [0.717, 1.165) is 32.5 Å². The van der Waals surface area contributed by atoms with Crippen molar-refractivity contribution in [1.82, 2.24) is 15.0 Å². The van der Waals surface area contributed by atoms with Crippen molar-refractivity contribution in [2.75, 3.05) is 48.8 Å². The van der Waals surface area contributed by atoms with E-state index < -0.39 is 0 Å². The minimum Gasteiger partial charge on any atom is -0.396 e. The van der Waals surface area contributed by atoms with Gasteiger partial charge in [-0.15, -0.1) is 0 Å². The third-order valence-electron chi connectivity index (χ3n) is 2.76. The van der Waals surface area contributed by atoms with Gasteiger partial charge in [0.2, 0.25) is 17.8 Å². The smallest absolute Gasteiger partial charge is 0.231 e. The lowest BCUT2D eigenvalue weighted by atomic mass is 10.3. The molecule has 1 aromatic rings. The molecule has 0 amide bonds. The highest BCUT2D eigenvalue weighted by Gasteiger charge is 2.10. The molecule has 7 nitrogen and oxygen atoms in total. The van der Waals surface area contributed by atoms with E-state index in [9.17, 15) is 0 Å². The van der Waals surface area contributed by atoms with Crippen LogP contribution in [0, 0.1) is 0 Å². The number of hydrogen-bond donors (Lipinski definition) is 3. The molecule has 1 aromatic heterocycles. The minimum absolute atomic E-state index is 0.214. The molecule has 0 atom stereocenters. The van der Waals surface area contributed by atoms with Gasteiger partial charge >= 0.3 is 0 Å². The van der Waals surface area contributed by atoms with Crippen molar-refractivity contribution >= 4 is 17.8 Å². The zero-order valence-corrected chi connectivity index (χ0v) is 12.0. The zero-order chi connectivity index (χ0) is 14.1. The van der Waals surface area contributed by atoms with Crippen molar-refractivity contribution in [3.8, 4) is 0 Å². The summed E-state index contributed by atoms with van der Waals surface area (Å²) in [6.45, 7) is 6.80. The highest BCUT2D eigenvalue weighted by atomic mass is 16.2.